The van der Waals surface area contributed by atoms with E-state index >= 15 is 0 Å². The molecule has 5 rings (SSSR count). The van der Waals surface area contributed by atoms with Crippen molar-refractivity contribution < 1.29 is 19.1 Å². The Morgan fingerprint density at radius 3 is 2.54 bits per heavy atom. The average molecular weight is 557 g/mol. The van der Waals surface area contributed by atoms with Crippen LogP contribution in [0, 0.1) is 18.8 Å². The van der Waals surface area contributed by atoms with Crippen molar-refractivity contribution in [2.24, 2.45) is 18.9 Å². The van der Waals surface area contributed by atoms with Gasteiger partial charge in [0.2, 0.25) is 17.7 Å². The number of carbonyl (C=O) groups is 3. The molecule has 10 nitrogen and oxygen atoms in total. The summed E-state index contributed by atoms with van der Waals surface area (Å²) in [4.78, 5) is 43.4. The van der Waals surface area contributed by atoms with Gasteiger partial charge in [-0.15, -0.1) is 10.2 Å². The monoisotopic (exact) mass is 556 g/mol. The summed E-state index contributed by atoms with van der Waals surface area (Å²) in [5, 5.41) is 11.7. The lowest BCUT2D eigenvalue weighted by molar-refractivity contribution is -0.147. The van der Waals surface area contributed by atoms with Gasteiger partial charge in [-0.1, -0.05) is 24.4 Å². The number of nitrogens with one attached hydrogen (secondary N) is 1. The van der Waals surface area contributed by atoms with Crippen molar-refractivity contribution in [3.05, 3.63) is 39.9 Å². The van der Waals surface area contributed by atoms with Crippen molar-refractivity contribution in [3.63, 3.8) is 0 Å². The van der Waals surface area contributed by atoms with E-state index in [-0.39, 0.29) is 36.2 Å². The molecule has 1 aromatic carbocycles. The van der Waals surface area contributed by atoms with Crippen LogP contribution in [-0.2, 0) is 34.5 Å². The lowest BCUT2D eigenvalue weighted by Gasteiger charge is -2.43. The smallest absolute Gasteiger partial charge is 0.227 e. The van der Waals surface area contributed by atoms with Crippen molar-refractivity contribution in [1.29, 1.82) is 0 Å². The summed E-state index contributed by atoms with van der Waals surface area (Å²) in [6, 6.07) is 3.24. The second-order valence-electron chi connectivity index (χ2n) is 10.8. The molecule has 0 radical (unpaired) electrons. The van der Waals surface area contributed by atoms with Crippen LogP contribution in [0.1, 0.15) is 67.3 Å². The number of carbonyl (C=O) groups excluding carboxylic acids is 3. The van der Waals surface area contributed by atoms with Crippen molar-refractivity contribution in [2.75, 3.05) is 26.7 Å². The second kappa shape index (κ2) is 11.5. The zero-order valence-corrected chi connectivity index (χ0v) is 23.7. The van der Waals surface area contributed by atoms with Crippen molar-refractivity contribution >= 4 is 29.3 Å². The molecule has 1 N–H and O–H groups in total. The number of fused-ring (bicyclic) bond motifs is 1. The molecule has 11 heteroatoms. The van der Waals surface area contributed by atoms with E-state index in [1.165, 1.54) is 0 Å². The summed E-state index contributed by atoms with van der Waals surface area (Å²) in [6.45, 7) is 3.59. The van der Waals surface area contributed by atoms with Crippen LogP contribution in [0.15, 0.2) is 12.1 Å². The predicted octanol–water partition coefficient (Wildman–Crippen LogP) is 2.96. The second-order valence-corrected chi connectivity index (χ2v) is 11.2. The fourth-order valence-electron chi connectivity index (χ4n) is 6.32. The molecule has 3 atom stereocenters. The maximum absolute atomic E-state index is 14.2. The normalized spacial score (nSPS) is 23.1. The van der Waals surface area contributed by atoms with Crippen LogP contribution >= 0.6 is 11.6 Å². The van der Waals surface area contributed by atoms with E-state index in [1.807, 2.05) is 40.5 Å². The molecule has 0 bridgehead atoms. The molecule has 1 saturated heterocycles. The molecule has 3 heterocycles. The summed E-state index contributed by atoms with van der Waals surface area (Å²) >= 11 is 6.71. The van der Waals surface area contributed by atoms with Crippen molar-refractivity contribution in [1.82, 2.24) is 29.9 Å². The van der Waals surface area contributed by atoms with Gasteiger partial charge in [-0.25, -0.2) is 0 Å². The zero-order chi connectivity index (χ0) is 27.7. The first-order valence-electron chi connectivity index (χ1n) is 13.9. The van der Waals surface area contributed by atoms with Crippen molar-refractivity contribution in [2.45, 2.75) is 64.5 Å². The number of ether oxygens (including phenoxy) is 1. The highest BCUT2D eigenvalue weighted by atomic mass is 35.5. The van der Waals surface area contributed by atoms with E-state index in [9.17, 15) is 14.4 Å². The summed E-state index contributed by atoms with van der Waals surface area (Å²) in [6.07, 6.45) is 5.12. The molecule has 0 unspecified atom stereocenters. The fourth-order valence-corrected chi connectivity index (χ4v) is 6.58. The molecule has 39 heavy (non-hydrogen) atoms. The number of likely N-dealkylation sites (tertiary alicyclic amines) is 1. The molecule has 1 saturated carbocycles. The minimum atomic E-state index is -0.425. The summed E-state index contributed by atoms with van der Waals surface area (Å²) < 4.78 is 8.20. The van der Waals surface area contributed by atoms with Crippen LogP contribution in [0.4, 0.5) is 0 Å². The predicted molar refractivity (Wildman–Crippen MR) is 145 cm³/mol. The molecule has 210 valence electrons. The Hall–Kier alpha value is -3.14. The van der Waals surface area contributed by atoms with E-state index in [0.717, 1.165) is 36.2 Å². The van der Waals surface area contributed by atoms with Crippen LogP contribution in [0.25, 0.3) is 0 Å². The van der Waals surface area contributed by atoms with Crippen LogP contribution < -0.4 is 10.1 Å². The standard InChI is InChI=1S/C28H37ClN6O4/c1-17-31-32-24(33(17)3)16-39-23-11-10-21(29)20-12-14-35(22(26(20)23)15-34-13-6-9-25(34)36)28(38)19-8-5-4-7-18(19)27(37)30-2/h10-11,18-19,22H,4-9,12-16H2,1-3H3,(H,30,37)/t18-,19+,22+/m0/s1. The van der Waals surface area contributed by atoms with Crippen LogP contribution in [0.2, 0.25) is 5.02 Å². The third kappa shape index (κ3) is 5.35. The highest BCUT2D eigenvalue weighted by Crippen LogP contribution is 2.43. The average Bonchev–Trinajstić information content (AvgIpc) is 3.51. The number of aryl methyl sites for hydroxylation is 1. The number of hydrogen-bond acceptors (Lipinski definition) is 6. The Kier molecular flexibility index (Phi) is 8.11. The number of benzene rings is 1. The number of nitrogens with zero attached hydrogens (tertiary/aromatic N) is 5. The topological polar surface area (TPSA) is 110 Å². The molecular weight excluding hydrogens is 520 g/mol. The first kappa shape index (κ1) is 27.4. The summed E-state index contributed by atoms with van der Waals surface area (Å²) in [7, 11) is 3.52. The first-order valence-corrected chi connectivity index (χ1v) is 14.3. The minimum absolute atomic E-state index is 0.0274. The first-order chi connectivity index (χ1) is 18.8. The highest BCUT2D eigenvalue weighted by Gasteiger charge is 2.43. The number of amides is 3. The molecule has 2 aromatic rings. The fraction of sp³-hybridized carbons (Fsp3) is 0.607. The van der Waals surface area contributed by atoms with Gasteiger partial charge < -0.3 is 24.4 Å². The van der Waals surface area contributed by atoms with E-state index in [2.05, 4.69) is 15.5 Å². The van der Waals surface area contributed by atoms with E-state index in [4.69, 9.17) is 16.3 Å². The molecule has 2 aliphatic heterocycles. The Bertz CT molecular complexity index is 1260. The van der Waals surface area contributed by atoms with E-state index in [1.54, 1.807) is 7.05 Å². The van der Waals surface area contributed by atoms with Gasteiger partial charge in [0.05, 0.1) is 6.04 Å². The van der Waals surface area contributed by atoms with Crippen LogP contribution in [-0.4, -0.2) is 69.0 Å². The van der Waals surface area contributed by atoms with Gasteiger partial charge in [-0.3, -0.25) is 14.4 Å². The molecule has 3 aliphatic rings. The maximum atomic E-state index is 14.2. The Balaban J connectivity index is 1.51. The molecule has 0 spiro atoms. The van der Waals surface area contributed by atoms with Crippen molar-refractivity contribution in [3.8, 4) is 5.75 Å². The van der Waals surface area contributed by atoms with E-state index < -0.39 is 6.04 Å². The Morgan fingerprint density at radius 2 is 1.87 bits per heavy atom. The van der Waals surface area contributed by atoms with Crippen LogP contribution in [0.5, 0.6) is 5.75 Å². The van der Waals surface area contributed by atoms with Gasteiger partial charge in [0.25, 0.3) is 0 Å². The highest BCUT2D eigenvalue weighted by molar-refractivity contribution is 6.31. The molecule has 1 aromatic heterocycles. The SMILES string of the molecule is CNC(=O)[C@H]1CCCC[C@H]1C(=O)N1CCc2c(Cl)ccc(OCc3nnc(C)n3C)c2[C@H]1CN1CCCC1=O. The molecular formula is C28H37ClN6O4. The third-order valence-electron chi connectivity index (χ3n) is 8.63. The summed E-state index contributed by atoms with van der Waals surface area (Å²) in [5.41, 5.74) is 1.78. The maximum Gasteiger partial charge on any atom is 0.227 e. The molecule has 1 aliphatic carbocycles. The Labute approximate surface area is 234 Å². The van der Waals surface area contributed by atoms with Gasteiger partial charge in [0.15, 0.2) is 5.82 Å². The summed E-state index contributed by atoms with van der Waals surface area (Å²) in [5.74, 6) is 1.34. The van der Waals surface area contributed by atoms with E-state index in [0.29, 0.717) is 61.9 Å². The molecule has 2 fully saturated rings. The quantitative estimate of drug-likeness (QED) is 0.561. The Morgan fingerprint density at radius 1 is 1.10 bits per heavy atom. The number of halogens is 1. The third-order valence-corrected chi connectivity index (χ3v) is 8.98. The molecule has 3 amide bonds. The number of aromatic nitrogens is 3. The largest absolute Gasteiger partial charge is 0.485 e. The number of hydrogen-bond donors (Lipinski definition) is 1. The number of rotatable bonds is 7. The lowest BCUT2D eigenvalue weighted by Crippen LogP contribution is -2.50. The van der Waals surface area contributed by atoms with Gasteiger partial charge in [0.1, 0.15) is 18.2 Å². The zero-order valence-electron chi connectivity index (χ0n) is 22.9. The van der Waals surface area contributed by atoms with Gasteiger partial charge >= 0.3 is 0 Å². The van der Waals surface area contributed by atoms with Gasteiger partial charge in [-0.05, 0) is 50.3 Å². The van der Waals surface area contributed by atoms with Crippen LogP contribution in [0.3, 0.4) is 0 Å². The van der Waals surface area contributed by atoms with Gasteiger partial charge in [-0.2, -0.15) is 0 Å². The lowest BCUT2D eigenvalue weighted by atomic mass is 9.77. The minimum Gasteiger partial charge on any atom is -0.485 e. The van der Waals surface area contributed by atoms with Gasteiger partial charge in [0, 0.05) is 62.6 Å².